The van der Waals surface area contributed by atoms with Crippen LogP contribution in [-0.2, 0) is 19.0 Å². The van der Waals surface area contributed by atoms with E-state index in [9.17, 15) is 4.79 Å². The number of guanidine groups is 1. The summed E-state index contributed by atoms with van der Waals surface area (Å²) in [6, 6.07) is 0. The van der Waals surface area contributed by atoms with Crippen LogP contribution in [0.25, 0.3) is 0 Å². The smallest absolute Gasteiger partial charge is 0.305 e. The molecule has 0 bridgehead atoms. The van der Waals surface area contributed by atoms with Gasteiger partial charge < -0.3 is 24.8 Å². The van der Waals surface area contributed by atoms with E-state index in [-0.39, 0.29) is 36.0 Å². The predicted molar refractivity (Wildman–Crippen MR) is 100 cm³/mol. The molecule has 1 rings (SSSR count). The van der Waals surface area contributed by atoms with Crippen LogP contribution >= 0.6 is 24.0 Å². The van der Waals surface area contributed by atoms with Crippen molar-refractivity contribution in [2.45, 2.75) is 38.7 Å². The molecule has 7 nitrogen and oxygen atoms in total. The largest absolute Gasteiger partial charge is 0.466 e. The van der Waals surface area contributed by atoms with E-state index in [2.05, 4.69) is 15.6 Å². The minimum atomic E-state index is -0.153. The Hall–Kier alpha value is -0.610. The summed E-state index contributed by atoms with van der Waals surface area (Å²) in [5, 5.41) is 6.39. The minimum Gasteiger partial charge on any atom is -0.466 e. The lowest BCUT2D eigenvalue weighted by molar-refractivity contribution is -0.143. The first-order chi connectivity index (χ1) is 10.8. The Kier molecular flexibility index (Phi) is 14.6. The van der Waals surface area contributed by atoms with Crippen molar-refractivity contribution in [2.24, 2.45) is 4.99 Å². The molecule has 0 aromatic heterocycles. The van der Waals surface area contributed by atoms with E-state index in [1.807, 2.05) is 6.92 Å². The van der Waals surface area contributed by atoms with Gasteiger partial charge in [0.2, 0.25) is 0 Å². The molecule has 136 valence electrons. The quantitative estimate of drug-likeness (QED) is 0.174. The Balaban J connectivity index is 0.00000484. The van der Waals surface area contributed by atoms with Crippen LogP contribution in [0.15, 0.2) is 4.99 Å². The van der Waals surface area contributed by atoms with Crippen LogP contribution in [0.5, 0.6) is 0 Å². The molecule has 0 aromatic rings. The maximum Gasteiger partial charge on any atom is 0.305 e. The molecule has 0 aliphatic carbocycles. The van der Waals surface area contributed by atoms with Crippen molar-refractivity contribution < 1.29 is 19.0 Å². The van der Waals surface area contributed by atoms with Crippen LogP contribution in [0.1, 0.15) is 32.6 Å². The van der Waals surface area contributed by atoms with Crippen LogP contribution in [-0.4, -0.2) is 64.6 Å². The fourth-order valence-electron chi connectivity index (χ4n) is 2.07. The van der Waals surface area contributed by atoms with Crippen molar-refractivity contribution >= 4 is 35.9 Å². The number of nitrogens with one attached hydrogen (secondary N) is 2. The molecule has 2 N–H and O–H groups in total. The van der Waals surface area contributed by atoms with E-state index in [0.29, 0.717) is 19.6 Å². The maximum absolute atomic E-state index is 11.2. The average Bonchev–Trinajstić information content (AvgIpc) is 3.02. The molecule has 0 amide bonds. The van der Waals surface area contributed by atoms with E-state index >= 15 is 0 Å². The van der Waals surface area contributed by atoms with Gasteiger partial charge in [0, 0.05) is 39.8 Å². The van der Waals surface area contributed by atoms with Gasteiger partial charge in [-0.3, -0.25) is 9.79 Å². The standard InChI is InChI=1S/C15H29N3O4.HI/c1-3-21-14(19)6-4-8-17-15(16-2)18-9-5-10-22-13-7-11-20-12-13;/h13H,3-12H2,1-2H3,(H2,16,17,18);1H. The van der Waals surface area contributed by atoms with Gasteiger partial charge in [-0.2, -0.15) is 0 Å². The van der Waals surface area contributed by atoms with Gasteiger partial charge in [0.25, 0.3) is 0 Å². The molecule has 1 heterocycles. The molecule has 1 aliphatic heterocycles. The van der Waals surface area contributed by atoms with Crippen LogP contribution in [0, 0.1) is 0 Å². The summed E-state index contributed by atoms with van der Waals surface area (Å²) >= 11 is 0. The maximum atomic E-state index is 11.2. The number of ether oxygens (including phenoxy) is 3. The number of nitrogens with zero attached hydrogens (tertiary/aromatic N) is 1. The van der Waals surface area contributed by atoms with Gasteiger partial charge in [-0.05, 0) is 26.2 Å². The Bertz CT molecular complexity index is 337. The topological polar surface area (TPSA) is 81.2 Å². The molecule has 0 aromatic carbocycles. The lowest BCUT2D eigenvalue weighted by atomic mass is 10.3. The lowest BCUT2D eigenvalue weighted by Gasteiger charge is -2.13. The number of rotatable bonds is 10. The van der Waals surface area contributed by atoms with Crippen LogP contribution in [0.4, 0.5) is 0 Å². The molecule has 0 spiro atoms. The van der Waals surface area contributed by atoms with Gasteiger partial charge in [0.1, 0.15) is 0 Å². The lowest BCUT2D eigenvalue weighted by Crippen LogP contribution is -2.38. The molecular weight excluding hydrogens is 413 g/mol. The van der Waals surface area contributed by atoms with Crippen LogP contribution in [0.2, 0.25) is 0 Å². The number of hydrogen-bond acceptors (Lipinski definition) is 5. The second kappa shape index (κ2) is 14.9. The van der Waals surface area contributed by atoms with Gasteiger partial charge in [-0.15, -0.1) is 24.0 Å². The van der Waals surface area contributed by atoms with Gasteiger partial charge in [-0.1, -0.05) is 0 Å². The summed E-state index contributed by atoms with van der Waals surface area (Å²) in [6.07, 6.45) is 3.33. The van der Waals surface area contributed by atoms with Crippen molar-refractivity contribution in [2.75, 3.05) is 46.6 Å². The molecule has 1 fully saturated rings. The Morgan fingerprint density at radius 3 is 2.65 bits per heavy atom. The fraction of sp³-hybridized carbons (Fsp3) is 0.867. The monoisotopic (exact) mass is 443 g/mol. The number of halogens is 1. The first-order valence-electron chi connectivity index (χ1n) is 8.05. The molecule has 8 heteroatoms. The summed E-state index contributed by atoms with van der Waals surface area (Å²) in [6.45, 7) is 5.98. The summed E-state index contributed by atoms with van der Waals surface area (Å²) in [5.74, 6) is 0.591. The second-order valence-electron chi connectivity index (χ2n) is 5.04. The highest BCUT2D eigenvalue weighted by molar-refractivity contribution is 14.0. The third-order valence-electron chi connectivity index (χ3n) is 3.23. The third kappa shape index (κ3) is 11.5. The SMILES string of the molecule is CCOC(=O)CCCNC(=NC)NCCCOC1CCOC1.I. The van der Waals surface area contributed by atoms with Crippen molar-refractivity contribution in [3.05, 3.63) is 0 Å². The number of esters is 1. The van der Waals surface area contributed by atoms with E-state index in [1.54, 1.807) is 7.05 Å². The van der Waals surface area contributed by atoms with Gasteiger partial charge >= 0.3 is 5.97 Å². The van der Waals surface area contributed by atoms with Crippen LogP contribution in [0.3, 0.4) is 0 Å². The zero-order valence-electron chi connectivity index (χ0n) is 14.1. The Morgan fingerprint density at radius 2 is 2.04 bits per heavy atom. The normalized spacial score (nSPS) is 17.5. The highest BCUT2D eigenvalue weighted by atomic mass is 127. The number of aliphatic imine (C=N–C) groups is 1. The molecule has 1 atom stereocenters. The van der Waals surface area contributed by atoms with Crippen molar-refractivity contribution in [1.82, 2.24) is 10.6 Å². The summed E-state index contributed by atoms with van der Waals surface area (Å²) < 4.78 is 15.8. The zero-order chi connectivity index (χ0) is 16.0. The molecule has 23 heavy (non-hydrogen) atoms. The van der Waals surface area contributed by atoms with Crippen molar-refractivity contribution in [3.8, 4) is 0 Å². The van der Waals surface area contributed by atoms with Crippen molar-refractivity contribution in [1.29, 1.82) is 0 Å². The second-order valence-corrected chi connectivity index (χ2v) is 5.04. The first kappa shape index (κ1) is 22.4. The fourth-order valence-corrected chi connectivity index (χ4v) is 2.07. The Morgan fingerprint density at radius 1 is 1.30 bits per heavy atom. The van der Waals surface area contributed by atoms with E-state index in [4.69, 9.17) is 14.2 Å². The molecule has 1 unspecified atom stereocenters. The van der Waals surface area contributed by atoms with Crippen LogP contribution < -0.4 is 10.6 Å². The summed E-state index contributed by atoms with van der Waals surface area (Å²) in [5.41, 5.74) is 0. The van der Waals surface area contributed by atoms with E-state index in [1.165, 1.54) is 0 Å². The minimum absolute atomic E-state index is 0. The average molecular weight is 443 g/mol. The highest BCUT2D eigenvalue weighted by Gasteiger charge is 2.15. The van der Waals surface area contributed by atoms with Gasteiger partial charge in [0.05, 0.1) is 19.3 Å². The van der Waals surface area contributed by atoms with E-state index in [0.717, 1.165) is 51.6 Å². The number of hydrogen-bond donors (Lipinski definition) is 2. The number of carbonyl (C=O) groups is 1. The third-order valence-corrected chi connectivity index (χ3v) is 3.23. The summed E-state index contributed by atoms with van der Waals surface area (Å²) in [7, 11) is 1.73. The number of carbonyl (C=O) groups excluding carboxylic acids is 1. The molecule has 1 saturated heterocycles. The highest BCUT2D eigenvalue weighted by Crippen LogP contribution is 2.07. The zero-order valence-corrected chi connectivity index (χ0v) is 16.5. The van der Waals surface area contributed by atoms with Crippen molar-refractivity contribution in [3.63, 3.8) is 0 Å². The molecule has 0 radical (unpaired) electrons. The molecular formula is C15H30IN3O4. The Labute approximate surface area is 155 Å². The summed E-state index contributed by atoms with van der Waals surface area (Å²) in [4.78, 5) is 15.3. The first-order valence-corrected chi connectivity index (χ1v) is 8.05. The predicted octanol–water partition coefficient (Wildman–Crippen LogP) is 1.31. The molecule has 1 aliphatic rings. The molecule has 0 saturated carbocycles. The van der Waals surface area contributed by atoms with Gasteiger partial charge in [0.15, 0.2) is 5.96 Å². The van der Waals surface area contributed by atoms with E-state index < -0.39 is 0 Å². The van der Waals surface area contributed by atoms with Gasteiger partial charge in [-0.25, -0.2) is 0 Å².